The molecule has 1 aromatic rings. The molecule has 0 N–H and O–H groups in total. The van der Waals surface area contributed by atoms with E-state index in [0.717, 1.165) is 17.7 Å². The van der Waals surface area contributed by atoms with E-state index in [-0.39, 0.29) is 48.1 Å². The smallest absolute Gasteiger partial charge is 0.309 e. The predicted molar refractivity (Wildman–Crippen MR) is 91.7 cm³/mol. The number of esters is 2. The third-order valence-electron chi connectivity index (χ3n) is 6.24. The van der Waals surface area contributed by atoms with E-state index >= 15 is 0 Å². The molecule has 3 unspecified atom stereocenters. The molecule has 0 heterocycles. The standard InChI is InChI=1S/C20H26O5/c1-11-15-9-16(17(11)19(21)24-4)18(12(15)2)20(22)25-10-13-5-7-14(23-3)8-6-13/h5-8,11-12,15-18H,9-10H2,1-4H3/t11-,12-,15?,16?,17-,18?/m1/s1. The molecule has 3 rings (SSSR count). The van der Waals surface area contributed by atoms with Gasteiger partial charge in [-0.3, -0.25) is 9.59 Å². The van der Waals surface area contributed by atoms with Crippen LogP contribution in [0.2, 0.25) is 0 Å². The fourth-order valence-electron chi connectivity index (χ4n) is 4.94. The van der Waals surface area contributed by atoms with E-state index in [1.165, 1.54) is 7.11 Å². The van der Waals surface area contributed by atoms with E-state index in [9.17, 15) is 9.59 Å². The van der Waals surface area contributed by atoms with Gasteiger partial charge in [0.25, 0.3) is 0 Å². The van der Waals surface area contributed by atoms with Crippen LogP contribution in [-0.4, -0.2) is 26.2 Å². The van der Waals surface area contributed by atoms with Crippen LogP contribution in [0.15, 0.2) is 24.3 Å². The lowest BCUT2D eigenvalue weighted by Gasteiger charge is -2.35. The summed E-state index contributed by atoms with van der Waals surface area (Å²) in [5, 5.41) is 0. The van der Waals surface area contributed by atoms with Crippen molar-refractivity contribution in [1.82, 2.24) is 0 Å². The average molecular weight is 346 g/mol. The van der Waals surface area contributed by atoms with Gasteiger partial charge in [-0.25, -0.2) is 0 Å². The fourth-order valence-corrected chi connectivity index (χ4v) is 4.94. The Labute approximate surface area is 148 Å². The number of carbonyl (C=O) groups excluding carboxylic acids is 2. The summed E-state index contributed by atoms with van der Waals surface area (Å²) < 4.78 is 15.7. The van der Waals surface area contributed by atoms with Crippen LogP contribution >= 0.6 is 0 Å². The van der Waals surface area contributed by atoms with Gasteiger partial charge in [0.2, 0.25) is 0 Å². The number of hydrogen-bond acceptors (Lipinski definition) is 5. The summed E-state index contributed by atoms with van der Waals surface area (Å²) in [5.41, 5.74) is 0.919. The van der Waals surface area contributed by atoms with Gasteiger partial charge < -0.3 is 14.2 Å². The second kappa shape index (κ2) is 7.06. The van der Waals surface area contributed by atoms with Crippen molar-refractivity contribution in [2.75, 3.05) is 14.2 Å². The Morgan fingerprint density at radius 1 is 0.960 bits per heavy atom. The molecule has 2 aliphatic rings. The van der Waals surface area contributed by atoms with Crippen LogP contribution in [-0.2, 0) is 25.7 Å². The number of benzene rings is 1. The third kappa shape index (κ3) is 3.12. The van der Waals surface area contributed by atoms with Crippen LogP contribution in [0.1, 0.15) is 25.8 Å². The summed E-state index contributed by atoms with van der Waals surface area (Å²) in [6.07, 6.45) is 0.907. The molecule has 1 aromatic carbocycles. The molecule has 0 radical (unpaired) electrons. The van der Waals surface area contributed by atoms with E-state index in [1.54, 1.807) is 7.11 Å². The fraction of sp³-hybridized carbons (Fsp3) is 0.600. The molecule has 5 nitrogen and oxygen atoms in total. The van der Waals surface area contributed by atoms with Crippen molar-refractivity contribution >= 4 is 11.9 Å². The lowest BCUT2D eigenvalue weighted by atomic mass is 9.69. The molecule has 0 amide bonds. The van der Waals surface area contributed by atoms with Gasteiger partial charge in [0.15, 0.2) is 0 Å². The normalized spacial score (nSPS) is 33.1. The summed E-state index contributed by atoms with van der Waals surface area (Å²) >= 11 is 0. The SMILES string of the molecule is COC(=O)[C@H]1C2CC([C@@H](C)C2C(=O)OCc2ccc(OC)cc2)[C@H]1C. The van der Waals surface area contributed by atoms with E-state index in [0.29, 0.717) is 5.92 Å². The zero-order valence-corrected chi connectivity index (χ0v) is 15.2. The Morgan fingerprint density at radius 3 is 2.08 bits per heavy atom. The molecular weight excluding hydrogens is 320 g/mol. The maximum absolute atomic E-state index is 12.7. The van der Waals surface area contributed by atoms with Gasteiger partial charge in [-0.15, -0.1) is 0 Å². The molecule has 0 saturated heterocycles. The zero-order chi connectivity index (χ0) is 18.1. The summed E-state index contributed by atoms with van der Waals surface area (Å²) in [5.74, 6) is 0.886. The molecule has 2 fully saturated rings. The molecule has 25 heavy (non-hydrogen) atoms. The van der Waals surface area contributed by atoms with E-state index in [2.05, 4.69) is 13.8 Å². The van der Waals surface area contributed by atoms with Gasteiger partial charge in [0.1, 0.15) is 12.4 Å². The summed E-state index contributed by atoms with van der Waals surface area (Å²) in [6.45, 7) is 4.44. The topological polar surface area (TPSA) is 61.8 Å². The number of fused-ring (bicyclic) bond motifs is 2. The summed E-state index contributed by atoms with van der Waals surface area (Å²) in [4.78, 5) is 24.8. The number of rotatable bonds is 5. The Morgan fingerprint density at radius 2 is 1.56 bits per heavy atom. The quantitative estimate of drug-likeness (QED) is 0.767. The minimum absolute atomic E-state index is 0.0332. The molecular formula is C20H26O5. The first-order valence-corrected chi connectivity index (χ1v) is 8.85. The van der Waals surface area contributed by atoms with Crippen molar-refractivity contribution < 1.29 is 23.8 Å². The number of carbonyl (C=O) groups is 2. The van der Waals surface area contributed by atoms with Gasteiger partial charge >= 0.3 is 11.9 Å². The first kappa shape index (κ1) is 17.8. The summed E-state index contributed by atoms with van der Waals surface area (Å²) in [6, 6.07) is 7.46. The maximum Gasteiger partial charge on any atom is 0.309 e. The largest absolute Gasteiger partial charge is 0.497 e. The van der Waals surface area contributed by atoms with Gasteiger partial charge in [-0.05, 0) is 47.8 Å². The Hall–Kier alpha value is -2.04. The van der Waals surface area contributed by atoms with Gasteiger partial charge in [-0.2, -0.15) is 0 Å². The van der Waals surface area contributed by atoms with Crippen molar-refractivity contribution in [3.8, 4) is 5.75 Å². The first-order chi connectivity index (χ1) is 12.0. The maximum atomic E-state index is 12.7. The highest BCUT2D eigenvalue weighted by Crippen LogP contribution is 2.58. The second-order valence-corrected chi connectivity index (χ2v) is 7.31. The van der Waals surface area contributed by atoms with Crippen molar-refractivity contribution in [3.63, 3.8) is 0 Å². The third-order valence-corrected chi connectivity index (χ3v) is 6.24. The molecule has 2 aliphatic carbocycles. The molecule has 6 atom stereocenters. The molecule has 0 aromatic heterocycles. The van der Waals surface area contributed by atoms with E-state index in [4.69, 9.17) is 14.2 Å². The predicted octanol–water partition coefficient (Wildman–Crippen LogP) is 3.07. The highest BCUT2D eigenvalue weighted by atomic mass is 16.5. The van der Waals surface area contributed by atoms with Gasteiger partial charge in [0, 0.05) is 0 Å². The van der Waals surface area contributed by atoms with Crippen molar-refractivity contribution in [2.24, 2.45) is 35.5 Å². The van der Waals surface area contributed by atoms with Crippen LogP contribution in [0.25, 0.3) is 0 Å². The molecule has 136 valence electrons. The van der Waals surface area contributed by atoms with Crippen LogP contribution in [0, 0.1) is 35.5 Å². The molecule has 2 saturated carbocycles. The van der Waals surface area contributed by atoms with E-state index < -0.39 is 0 Å². The highest BCUT2D eigenvalue weighted by Gasteiger charge is 2.60. The lowest BCUT2D eigenvalue weighted by molar-refractivity contribution is -0.160. The van der Waals surface area contributed by atoms with Gasteiger partial charge in [0.05, 0.1) is 26.1 Å². The van der Waals surface area contributed by atoms with Crippen molar-refractivity contribution in [2.45, 2.75) is 26.9 Å². The van der Waals surface area contributed by atoms with Crippen LogP contribution < -0.4 is 4.74 Å². The van der Waals surface area contributed by atoms with Crippen LogP contribution in [0.4, 0.5) is 0 Å². The van der Waals surface area contributed by atoms with Gasteiger partial charge in [-0.1, -0.05) is 26.0 Å². The monoisotopic (exact) mass is 346 g/mol. The van der Waals surface area contributed by atoms with Crippen molar-refractivity contribution in [3.05, 3.63) is 29.8 Å². The van der Waals surface area contributed by atoms with Crippen LogP contribution in [0.3, 0.4) is 0 Å². The molecule has 5 heteroatoms. The second-order valence-electron chi connectivity index (χ2n) is 7.31. The minimum atomic E-state index is -0.219. The number of methoxy groups -OCH3 is 2. The minimum Gasteiger partial charge on any atom is -0.497 e. The Kier molecular flexibility index (Phi) is 5.02. The number of hydrogen-bond donors (Lipinski definition) is 0. The average Bonchev–Trinajstić information content (AvgIpc) is 3.13. The highest BCUT2D eigenvalue weighted by molar-refractivity contribution is 5.78. The first-order valence-electron chi connectivity index (χ1n) is 8.85. The Bertz CT molecular complexity index is 638. The molecule has 0 aliphatic heterocycles. The lowest BCUT2D eigenvalue weighted by Crippen LogP contribution is -2.41. The molecule has 0 spiro atoms. The van der Waals surface area contributed by atoms with E-state index in [1.807, 2.05) is 24.3 Å². The van der Waals surface area contributed by atoms with Crippen LogP contribution in [0.5, 0.6) is 5.75 Å². The number of ether oxygens (including phenoxy) is 3. The van der Waals surface area contributed by atoms with Crippen molar-refractivity contribution in [1.29, 1.82) is 0 Å². The summed E-state index contributed by atoms with van der Waals surface area (Å²) in [7, 11) is 3.03. The molecule has 2 bridgehead atoms. The zero-order valence-electron chi connectivity index (χ0n) is 15.2. The Balaban J connectivity index is 1.66.